The molecule has 4 heteroatoms. The van der Waals surface area contributed by atoms with Crippen molar-refractivity contribution in [2.24, 2.45) is 11.3 Å². The fraction of sp³-hybridized carbons (Fsp3) is 0.500. The quantitative estimate of drug-likeness (QED) is 0.633. The molecule has 1 aliphatic carbocycles. The molecule has 2 aromatic carbocycles. The Kier molecular flexibility index (Phi) is 5.59. The fourth-order valence-electron chi connectivity index (χ4n) is 5.96. The molecule has 2 aliphatic heterocycles. The number of para-hydroxylation sites is 1. The number of carbonyl (C=O) groups is 1. The molecular formula is C26H31ClN2O. The van der Waals surface area contributed by atoms with Crippen LogP contribution < -0.4 is 4.90 Å². The van der Waals surface area contributed by atoms with Crippen molar-refractivity contribution < 1.29 is 4.79 Å². The SMILES string of the molecule is O=C(C1CCCC1)N1CC2(CCCN(Cc3ccc(Cl)cc3)C2)Cc2ccccc21. The molecule has 2 fully saturated rings. The minimum atomic E-state index is 0.160. The molecule has 3 aliphatic rings. The van der Waals surface area contributed by atoms with E-state index in [1.807, 2.05) is 12.1 Å². The van der Waals surface area contributed by atoms with Crippen LogP contribution in [0, 0.1) is 11.3 Å². The van der Waals surface area contributed by atoms with E-state index in [1.54, 1.807) is 0 Å². The normalized spacial score (nSPS) is 24.9. The van der Waals surface area contributed by atoms with Crippen molar-refractivity contribution in [3.8, 4) is 0 Å². The molecule has 30 heavy (non-hydrogen) atoms. The predicted octanol–water partition coefficient (Wildman–Crippen LogP) is 5.70. The highest BCUT2D eigenvalue weighted by molar-refractivity contribution is 6.30. The lowest BCUT2D eigenvalue weighted by Gasteiger charge is -2.49. The van der Waals surface area contributed by atoms with E-state index in [9.17, 15) is 4.79 Å². The third kappa shape index (κ3) is 4.02. The van der Waals surface area contributed by atoms with Crippen molar-refractivity contribution in [2.45, 2.75) is 51.5 Å². The van der Waals surface area contributed by atoms with Gasteiger partial charge >= 0.3 is 0 Å². The van der Waals surface area contributed by atoms with Crippen molar-refractivity contribution in [1.82, 2.24) is 4.90 Å². The number of benzene rings is 2. The number of amides is 1. The van der Waals surface area contributed by atoms with Gasteiger partial charge in [-0.3, -0.25) is 9.69 Å². The summed E-state index contributed by atoms with van der Waals surface area (Å²) in [6.07, 6.45) is 8.00. The maximum Gasteiger partial charge on any atom is 0.230 e. The summed E-state index contributed by atoms with van der Waals surface area (Å²) in [7, 11) is 0. The molecular weight excluding hydrogens is 392 g/mol. The van der Waals surface area contributed by atoms with Crippen molar-refractivity contribution in [1.29, 1.82) is 0 Å². The van der Waals surface area contributed by atoms with E-state index >= 15 is 0 Å². The maximum absolute atomic E-state index is 13.5. The molecule has 1 atom stereocenters. The van der Waals surface area contributed by atoms with Crippen LogP contribution in [0.4, 0.5) is 5.69 Å². The van der Waals surface area contributed by atoms with Crippen LogP contribution in [0.5, 0.6) is 0 Å². The number of halogens is 1. The lowest BCUT2D eigenvalue weighted by Crippen LogP contribution is -2.55. The minimum absolute atomic E-state index is 0.160. The summed E-state index contributed by atoms with van der Waals surface area (Å²) in [5.74, 6) is 0.593. The fourth-order valence-corrected chi connectivity index (χ4v) is 6.09. The van der Waals surface area contributed by atoms with Gasteiger partial charge in [-0.05, 0) is 68.0 Å². The zero-order valence-electron chi connectivity index (χ0n) is 17.7. The van der Waals surface area contributed by atoms with Crippen molar-refractivity contribution >= 4 is 23.2 Å². The Morgan fingerprint density at radius 3 is 2.57 bits per heavy atom. The smallest absolute Gasteiger partial charge is 0.230 e. The van der Waals surface area contributed by atoms with Crippen LogP contribution in [0.25, 0.3) is 0 Å². The van der Waals surface area contributed by atoms with Gasteiger partial charge in [0, 0.05) is 41.7 Å². The Morgan fingerprint density at radius 2 is 1.77 bits per heavy atom. The molecule has 2 heterocycles. The minimum Gasteiger partial charge on any atom is -0.311 e. The number of piperidine rings is 1. The molecule has 0 radical (unpaired) electrons. The van der Waals surface area contributed by atoms with Crippen LogP contribution in [0.15, 0.2) is 48.5 Å². The zero-order valence-corrected chi connectivity index (χ0v) is 18.4. The van der Waals surface area contributed by atoms with Crippen molar-refractivity contribution in [3.05, 3.63) is 64.7 Å². The Labute approximate surface area is 185 Å². The van der Waals surface area contributed by atoms with Crippen LogP contribution in [-0.2, 0) is 17.8 Å². The van der Waals surface area contributed by atoms with Gasteiger partial charge in [0.25, 0.3) is 0 Å². The van der Waals surface area contributed by atoms with E-state index in [-0.39, 0.29) is 11.3 Å². The van der Waals surface area contributed by atoms with E-state index in [1.165, 1.54) is 36.8 Å². The molecule has 2 aromatic rings. The van der Waals surface area contributed by atoms with E-state index in [0.717, 1.165) is 56.2 Å². The molecule has 3 nitrogen and oxygen atoms in total. The summed E-state index contributed by atoms with van der Waals surface area (Å²) in [5.41, 5.74) is 3.98. The highest BCUT2D eigenvalue weighted by Crippen LogP contribution is 2.43. The molecule has 5 rings (SSSR count). The Hall–Kier alpha value is -1.84. The van der Waals surface area contributed by atoms with Gasteiger partial charge in [0.2, 0.25) is 5.91 Å². The van der Waals surface area contributed by atoms with Gasteiger partial charge < -0.3 is 4.90 Å². The zero-order chi connectivity index (χ0) is 20.6. The number of nitrogens with zero attached hydrogens (tertiary/aromatic N) is 2. The average molecular weight is 423 g/mol. The number of carbonyl (C=O) groups excluding carboxylic acids is 1. The highest BCUT2D eigenvalue weighted by Gasteiger charge is 2.43. The molecule has 0 aromatic heterocycles. The standard InChI is InChI=1S/C26H31ClN2O/c27-23-12-10-20(11-13-23)17-28-15-5-14-26(18-28)16-22-8-3-4-9-24(22)29(19-26)25(30)21-6-1-2-7-21/h3-4,8-13,21H,1-2,5-7,14-19H2. The molecule has 158 valence electrons. The molecule has 0 N–H and O–H groups in total. The maximum atomic E-state index is 13.5. The first kappa shape index (κ1) is 20.1. The molecule has 1 saturated carbocycles. The number of rotatable bonds is 3. The first-order chi connectivity index (χ1) is 14.6. The number of anilines is 1. The van der Waals surface area contributed by atoms with Gasteiger partial charge in [0.05, 0.1) is 0 Å². The molecule has 1 unspecified atom stereocenters. The Morgan fingerprint density at radius 1 is 1.00 bits per heavy atom. The number of hydrogen-bond donors (Lipinski definition) is 0. The first-order valence-corrected chi connectivity index (χ1v) is 11.9. The lowest BCUT2D eigenvalue weighted by molar-refractivity contribution is -0.123. The van der Waals surface area contributed by atoms with Gasteiger partial charge in [-0.15, -0.1) is 0 Å². The molecule has 0 bridgehead atoms. The highest BCUT2D eigenvalue weighted by atomic mass is 35.5. The van der Waals surface area contributed by atoms with Crippen molar-refractivity contribution in [2.75, 3.05) is 24.5 Å². The topological polar surface area (TPSA) is 23.6 Å². The van der Waals surface area contributed by atoms with E-state index in [4.69, 9.17) is 11.6 Å². The summed E-state index contributed by atoms with van der Waals surface area (Å²) < 4.78 is 0. The Bertz CT molecular complexity index is 906. The van der Waals surface area contributed by atoms with Gasteiger partial charge in [-0.25, -0.2) is 0 Å². The van der Waals surface area contributed by atoms with E-state index in [0.29, 0.717) is 5.91 Å². The monoisotopic (exact) mass is 422 g/mol. The molecule has 1 amide bonds. The van der Waals surface area contributed by atoms with Gasteiger partial charge in [0.15, 0.2) is 0 Å². The number of likely N-dealkylation sites (tertiary alicyclic amines) is 1. The number of fused-ring (bicyclic) bond motifs is 1. The summed E-state index contributed by atoms with van der Waals surface area (Å²) in [4.78, 5) is 18.2. The predicted molar refractivity (Wildman–Crippen MR) is 123 cm³/mol. The van der Waals surface area contributed by atoms with Crippen molar-refractivity contribution in [3.63, 3.8) is 0 Å². The summed E-state index contributed by atoms with van der Waals surface area (Å²) in [6, 6.07) is 16.8. The van der Waals surface area contributed by atoms with Gasteiger partial charge in [0.1, 0.15) is 0 Å². The second-order valence-corrected chi connectivity index (χ2v) is 10.1. The van der Waals surface area contributed by atoms with Crippen LogP contribution in [0.1, 0.15) is 49.7 Å². The summed E-state index contributed by atoms with van der Waals surface area (Å²) >= 11 is 6.07. The summed E-state index contributed by atoms with van der Waals surface area (Å²) in [5, 5.41) is 0.791. The van der Waals surface area contributed by atoms with Gasteiger partial charge in [-0.2, -0.15) is 0 Å². The third-order valence-electron chi connectivity index (χ3n) is 7.37. The van der Waals surface area contributed by atoms with E-state index < -0.39 is 0 Å². The first-order valence-electron chi connectivity index (χ1n) is 11.5. The van der Waals surface area contributed by atoms with Crippen LogP contribution >= 0.6 is 11.6 Å². The van der Waals surface area contributed by atoms with Crippen LogP contribution in [0.3, 0.4) is 0 Å². The largest absolute Gasteiger partial charge is 0.311 e. The third-order valence-corrected chi connectivity index (χ3v) is 7.62. The van der Waals surface area contributed by atoms with E-state index in [2.05, 4.69) is 46.2 Å². The molecule has 1 saturated heterocycles. The average Bonchev–Trinajstić information content (AvgIpc) is 3.29. The van der Waals surface area contributed by atoms with Crippen LogP contribution in [-0.4, -0.2) is 30.4 Å². The number of hydrogen-bond acceptors (Lipinski definition) is 2. The lowest BCUT2D eigenvalue weighted by atomic mass is 9.71. The summed E-state index contributed by atoms with van der Waals surface area (Å²) in [6.45, 7) is 4.01. The molecule has 1 spiro atoms. The Balaban J connectivity index is 1.39. The van der Waals surface area contributed by atoms with Crippen LogP contribution in [0.2, 0.25) is 5.02 Å². The second kappa shape index (κ2) is 8.36. The second-order valence-electron chi connectivity index (χ2n) is 9.65. The van der Waals surface area contributed by atoms with Gasteiger partial charge in [-0.1, -0.05) is 54.8 Å².